The van der Waals surface area contributed by atoms with Crippen LogP contribution in [0.3, 0.4) is 0 Å². The molecule has 2 heterocycles. The molecule has 1 aliphatic rings. The number of nitrogens with zero attached hydrogens (tertiary/aromatic N) is 1. The Morgan fingerprint density at radius 2 is 1.77 bits per heavy atom. The number of hydrogen-bond donors (Lipinski definition) is 2. The maximum Gasteiger partial charge on any atom is 0.356 e. The summed E-state index contributed by atoms with van der Waals surface area (Å²) >= 11 is 0. The lowest BCUT2D eigenvalue weighted by molar-refractivity contribution is 0.0253. The van der Waals surface area contributed by atoms with E-state index in [0.717, 1.165) is 12.1 Å². The van der Waals surface area contributed by atoms with Gasteiger partial charge < -0.3 is 20.3 Å². The number of aromatic nitrogens is 1. The fraction of sp³-hybridized carbons (Fsp3) is 0.294. The second-order valence-corrected chi connectivity index (χ2v) is 5.75. The number of carboxylic acid groups (broad SMARTS) is 1. The highest BCUT2D eigenvalue weighted by Gasteiger charge is 2.24. The first-order valence-electron chi connectivity index (χ1n) is 7.80. The summed E-state index contributed by atoms with van der Waals surface area (Å²) < 4.78 is 53.7. The summed E-state index contributed by atoms with van der Waals surface area (Å²) in [6.45, 7) is 0.985. The van der Waals surface area contributed by atoms with Crippen LogP contribution < -0.4 is 10.5 Å². The molecule has 1 saturated heterocycles. The molecule has 0 spiro atoms. The highest BCUT2D eigenvalue weighted by Crippen LogP contribution is 2.32. The van der Waals surface area contributed by atoms with Crippen molar-refractivity contribution in [2.24, 2.45) is 0 Å². The lowest BCUT2D eigenvalue weighted by atomic mass is 10.1. The van der Waals surface area contributed by atoms with E-state index in [2.05, 4.69) is 4.98 Å². The molecule has 2 aromatic rings. The van der Waals surface area contributed by atoms with Crippen LogP contribution in [-0.4, -0.2) is 35.4 Å². The van der Waals surface area contributed by atoms with Gasteiger partial charge in [0.15, 0.2) is 11.5 Å². The number of anilines is 1. The summed E-state index contributed by atoms with van der Waals surface area (Å²) in [6.07, 6.45) is 0.931. The van der Waals surface area contributed by atoms with Crippen LogP contribution in [0.15, 0.2) is 18.2 Å². The number of benzene rings is 1. The number of nitrogen functional groups attached to an aromatic ring is 1. The van der Waals surface area contributed by atoms with Gasteiger partial charge in [-0.25, -0.2) is 22.9 Å². The first kappa shape index (κ1) is 18.0. The number of ether oxygens (including phenoxy) is 2. The highest BCUT2D eigenvalue weighted by molar-refractivity contribution is 5.92. The summed E-state index contributed by atoms with van der Waals surface area (Å²) in [5.74, 6) is -4.98. The van der Waals surface area contributed by atoms with Crippen molar-refractivity contribution in [3.8, 4) is 17.0 Å². The van der Waals surface area contributed by atoms with Gasteiger partial charge in [-0.1, -0.05) is 0 Å². The maximum absolute atomic E-state index is 14.4. The predicted octanol–water partition coefficient (Wildman–Crippen LogP) is 3.00. The molecular formula is C17H15F3N2O4. The van der Waals surface area contributed by atoms with Crippen molar-refractivity contribution >= 4 is 11.7 Å². The number of nitrogens with two attached hydrogens (primary N) is 1. The molecule has 0 aliphatic carbocycles. The van der Waals surface area contributed by atoms with Crippen LogP contribution in [0.5, 0.6) is 5.75 Å². The quantitative estimate of drug-likeness (QED) is 0.862. The summed E-state index contributed by atoms with van der Waals surface area (Å²) in [6, 6.07) is 2.48. The monoisotopic (exact) mass is 368 g/mol. The lowest BCUT2D eigenvalue weighted by Gasteiger charge is -2.23. The van der Waals surface area contributed by atoms with E-state index in [1.54, 1.807) is 0 Å². The smallest absolute Gasteiger partial charge is 0.356 e. The minimum absolute atomic E-state index is 0.0510. The predicted molar refractivity (Wildman–Crippen MR) is 85.4 cm³/mol. The Morgan fingerprint density at radius 1 is 1.15 bits per heavy atom. The summed E-state index contributed by atoms with van der Waals surface area (Å²) in [5, 5.41) is 9.01. The molecule has 1 aromatic carbocycles. The number of rotatable bonds is 4. The van der Waals surface area contributed by atoms with E-state index in [1.807, 2.05) is 0 Å². The highest BCUT2D eigenvalue weighted by atomic mass is 19.1. The van der Waals surface area contributed by atoms with Crippen molar-refractivity contribution in [3.63, 3.8) is 0 Å². The molecule has 0 atom stereocenters. The number of halogens is 3. The van der Waals surface area contributed by atoms with Crippen LogP contribution >= 0.6 is 0 Å². The van der Waals surface area contributed by atoms with Crippen LogP contribution in [0.4, 0.5) is 18.9 Å². The summed E-state index contributed by atoms with van der Waals surface area (Å²) in [7, 11) is 0. The van der Waals surface area contributed by atoms with Crippen LogP contribution in [-0.2, 0) is 4.74 Å². The molecule has 0 radical (unpaired) electrons. The van der Waals surface area contributed by atoms with E-state index < -0.39 is 46.1 Å². The molecule has 0 bridgehead atoms. The second-order valence-electron chi connectivity index (χ2n) is 5.75. The van der Waals surface area contributed by atoms with E-state index in [4.69, 9.17) is 20.3 Å². The van der Waals surface area contributed by atoms with Gasteiger partial charge in [0.25, 0.3) is 0 Å². The van der Waals surface area contributed by atoms with Gasteiger partial charge in [-0.05, 0) is 0 Å². The van der Waals surface area contributed by atoms with Crippen molar-refractivity contribution in [1.82, 2.24) is 4.98 Å². The SMILES string of the molecule is Nc1cc(F)c(-c2c(F)cc(OC3CCOCC3)cc2F)nc1C(=O)O. The van der Waals surface area contributed by atoms with Crippen molar-refractivity contribution in [3.05, 3.63) is 41.3 Å². The maximum atomic E-state index is 14.4. The average Bonchev–Trinajstić information content (AvgIpc) is 2.56. The molecule has 3 N–H and O–H groups in total. The zero-order chi connectivity index (χ0) is 18.8. The zero-order valence-electron chi connectivity index (χ0n) is 13.5. The van der Waals surface area contributed by atoms with Crippen LogP contribution in [0.25, 0.3) is 11.3 Å². The van der Waals surface area contributed by atoms with Crippen molar-refractivity contribution < 1.29 is 32.5 Å². The van der Waals surface area contributed by atoms with Gasteiger partial charge in [0.1, 0.15) is 29.2 Å². The average molecular weight is 368 g/mol. The lowest BCUT2D eigenvalue weighted by Crippen LogP contribution is -2.26. The number of pyridine rings is 1. The van der Waals surface area contributed by atoms with Crippen molar-refractivity contribution in [1.29, 1.82) is 0 Å². The Balaban J connectivity index is 1.98. The van der Waals surface area contributed by atoms with Gasteiger partial charge >= 0.3 is 5.97 Å². The minimum atomic E-state index is -1.54. The third-order valence-corrected chi connectivity index (χ3v) is 3.93. The molecule has 0 saturated carbocycles. The van der Waals surface area contributed by atoms with Crippen LogP contribution in [0, 0.1) is 17.5 Å². The number of carboxylic acids is 1. The van der Waals surface area contributed by atoms with Crippen molar-refractivity contribution in [2.45, 2.75) is 18.9 Å². The topological polar surface area (TPSA) is 94.7 Å². The van der Waals surface area contributed by atoms with Crippen LogP contribution in [0.1, 0.15) is 23.3 Å². The molecule has 26 heavy (non-hydrogen) atoms. The largest absolute Gasteiger partial charge is 0.490 e. The van der Waals surface area contributed by atoms with E-state index >= 15 is 0 Å². The zero-order valence-corrected chi connectivity index (χ0v) is 13.5. The Kier molecular flexibility index (Phi) is 4.99. The van der Waals surface area contributed by atoms with Gasteiger partial charge in [0.2, 0.25) is 0 Å². The van der Waals surface area contributed by atoms with Crippen molar-refractivity contribution in [2.75, 3.05) is 18.9 Å². The molecule has 0 amide bonds. The molecule has 0 unspecified atom stereocenters. The number of carbonyl (C=O) groups is 1. The Labute approximate surface area is 146 Å². The molecule has 1 aromatic heterocycles. The van der Waals surface area contributed by atoms with Gasteiger partial charge in [-0.2, -0.15) is 0 Å². The molecule has 3 rings (SSSR count). The van der Waals surface area contributed by atoms with Gasteiger partial charge in [0, 0.05) is 31.0 Å². The van der Waals surface area contributed by atoms with E-state index in [-0.39, 0.29) is 11.9 Å². The third kappa shape index (κ3) is 3.57. The molecule has 6 nitrogen and oxygen atoms in total. The van der Waals surface area contributed by atoms with Gasteiger partial charge in [-0.3, -0.25) is 0 Å². The Hall–Kier alpha value is -2.81. The molecule has 1 aliphatic heterocycles. The van der Waals surface area contributed by atoms with E-state index in [9.17, 15) is 18.0 Å². The molecule has 138 valence electrons. The normalized spacial score (nSPS) is 15.0. The number of aromatic carboxylic acids is 1. The second kappa shape index (κ2) is 7.20. The third-order valence-electron chi connectivity index (χ3n) is 3.93. The molecule has 9 heteroatoms. The van der Waals surface area contributed by atoms with Gasteiger partial charge in [0.05, 0.1) is 24.5 Å². The van der Waals surface area contributed by atoms with E-state index in [1.165, 1.54) is 0 Å². The van der Waals surface area contributed by atoms with Crippen LogP contribution in [0.2, 0.25) is 0 Å². The Morgan fingerprint density at radius 3 is 2.35 bits per heavy atom. The Bertz CT molecular complexity index is 831. The van der Waals surface area contributed by atoms with Gasteiger partial charge in [-0.15, -0.1) is 0 Å². The fourth-order valence-electron chi connectivity index (χ4n) is 2.68. The molecule has 1 fully saturated rings. The minimum Gasteiger partial charge on any atom is -0.490 e. The summed E-state index contributed by atoms with van der Waals surface area (Å²) in [4.78, 5) is 14.6. The first-order valence-corrected chi connectivity index (χ1v) is 7.80. The van der Waals surface area contributed by atoms with E-state index in [0.29, 0.717) is 32.1 Å². The standard InChI is InChI=1S/C17H15F3N2O4/c18-10-5-9(26-8-1-3-25-4-2-8)6-11(19)14(10)15-12(20)7-13(21)16(22-15)17(23)24/h5-8H,1-4,21H2,(H,23,24). The molecular weight excluding hydrogens is 353 g/mol. The first-order chi connectivity index (χ1) is 12.4. The number of hydrogen-bond acceptors (Lipinski definition) is 5. The summed E-state index contributed by atoms with van der Waals surface area (Å²) in [5.41, 5.74) is 2.67. The fourth-order valence-corrected chi connectivity index (χ4v) is 2.68.